The van der Waals surface area contributed by atoms with Gasteiger partial charge in [0.1, 0.15) is 4.99 Å². The van der Waals surface area contributed by atoms with Crippen molar-refractivity contribution in [2.45, 2.75) is 12.7 Å². The van der Waals surface area contributed by atoms with E-state index in [2.05, 4.69) is 4.72 Å². The fourth-order valence-corrected chi connectivity index (χ4v) is 3.55. The molecule has 0 spiro atoms. The molecule has 20 heavy (non-hydrogen) atoms. The van der Waals surface area contributed by atoms with Crippen LogP contribution in [0.2, 0.25) is 0 Å². The number of benzene rings is 1. The van der Waals surface area contributed by atoms with Crippen LogP contribution in [-0.2, 0) is 26.6 Å². The van der Waals surface area contributed by atoms with Crippen molar-refractivity contribution in [2.24, 2.45) is 5.73 Å². The summed E-state index contributed by atoms with van der Waals surface area (Å²) in [5.74, 6) is 0.697. The summed E-state index contributed by atoms with van der Waals surface area (Å²) in [4.78, 5) is 0.232. The Morgan fingerprint density at radius 1 is 1.45 bits per heavy atom. The molecule has 0 radical (unpaired) electrons. The number of hydrogen-bond donors (Lipinski definition) is 2. The molecule has 0 heterocycles. The van der Waals surface area contributed by atoms with Gasteiger partial charge in [0, 0.05) is 34.4 Å². The van der Waals surface area contributed by atoms with Crippen LogP contribution in [0.4, 0.5) is 0 Å². The van der Waals surface area contributed by atoms with Gasteiger partial charge in [-0.1, -0.05) is 37.3 Å². The molecule has 112 valence electrons. The van der Waals surface area contributed by atoms with E-state index >= 15 is 0 Å². The number of rotatable bonds is 8. The molecule has 1 aromatic carbocycles. The minimum Gasteiger partial charge on any atom is -0.389 e. The Morgan fingerprint density at radius 2 is 2.15 bits per heavy atom. The first-order chi connectivity index (χ1) is 9.34. The molecule has 0 saturated carbocycles. The Hall–Kier alpha value is -0.830. The molecule has 1 aromatic rings. The lowest BCUT2D eigenvalue weighted by Crippen LogP contribution is -2.29. The molecule has 0 bridgehead atoms. The van der Waals surface area contributed by atoms with Gasteiger partial charge in [0.05, 0.1) is 5.75 Å². The molecule has 0 aliphatic heterocycles. The average Bonchev–Trinajstić information content (AvgIpc) is 2.37. The molecule has 5 nitrogen and oxygen atoms in total. The van der Waals surface area contributed by atoms with Gasteiger partial charge in [-0.2, -0.15) is 0 Å². The van der Waals surface area contributed by atoms with Crippen molar-refractivity contribution in [2.75, 3.05) is 18.1 Å². The average molecular weight is 334 g/mol. The Balaban J connectivity index is 2.64. The van der Waals surface area contributed by atoms with E-state index < -0.39 is 20.8 Å². The fraction of sp³-hybridized carbons (Fsp3) is 0.417. The van der Waals surface area contributed by atoms with Crippen LogP contribution in [-0.4, -0.2) is 35.7 Å². The van der Waals surface area contributed by atoms with Crippen molar-refractivity contribution in [3.8, 4) is 0 Å². The van der Waals surface area contributed by atoms with Crippen molar-refractivity contribution >= 4 is 38.0 Å². The first kappa shape index (κ1) is 17.2. The molecule has 1 rings (SSSR count). The highest BCUT2D eigenvalue weighted by molar-refractivity contribution is 7.88. The third-order valence-corrected chi connectivity index (χ3v) is 5.44. The molecular formula is C12H18N2O3S3. The zero-order valence-corrected chi connectivity index (χ0v) is 13.6. The monoisotopic (exact) mass is 334 g/mol. The maximum atomic E-state index is 11.9. The predicted molar refractivity (Wildman–Crippen MR) is 86.5 cm³/mol. The minimum absolute atomic E-state index is 0.151. The van der Waals surface area contributed by atoms with Gasteiger partial charge in [-0.25, -0.2) is 13.1 Å². The molecule has 8 heteroatoms. The van der Waals surface area contributed by atoms with E-state index in [1.54, 1.807) is 31.2 Å². The van der Waals surface area contributed by atoms with Crippen molar-refractivity contribution in [3.05, 3.63) is 35.4 Å². The third kappa shape index (κ3) is 6.08. The van der Waals surface area contributed by atoms with Crippen LogP contribution in [0.1, 0.15) is 18.1 Å². The SMILES string of the molecule is CCS(=O)CCNS(=O)(=O)Cc1cccc(C(N)=S)c1. The Kier molecular flexibility index (Phi) is 6.74. The smallest absolute Gasteiger partial charge is 0.215 e. The van der Waals surface area contributed by atoms with Gasteiger partial charge in [-0.3, -0.25) is 4.21 Å². The van der Waals surface area contributed by atoms with E-state index in [4.69, 9.17) is 18.0 Å². The third-order valence-electron chi connectivity index (χ3n) is 2.54. The summed E-state index contributed by atoms with van der Waals surface area (Å²) in [5.41, 5.74) is 6.76. The van der Waals surface area contributed by atoms with E-state index in [9.17, 15) is 12.6 Å². The summed E-state index contributed by atoms with van der Waals surface area (Å²) in [6, 6.07) is 6.80. The van der Waals surface area contributed by atoms with E-state index in [0.717, 1.165) is 0 Å². The Morgan fingerprint density at radius 3 is 2.75 bits per heavy atom. The van der Waals surface area contributed by atoms with Crippen molar-refractivity contribution in [1.29, 1.82) is 0 Å². The zero-order chi connectivity index (χ0) is 15.2. The Bertz CT molecular complexity index is 600. The van der Waals surface area contributed by atoms with Crippen LogP contribution in [0.15, 0.2) is 24.3 Å². The normalized spacial score (nSPS) is 13.1. The van der Waals surface area contributed by atoms with Gasteiger partial charge >= 0.3 is 0 Å². The van der Waals surface area contributed by atoms with Crippen molar-refractivity contribution in [1.82, 2.24) is 4.72 Å². The van der Waals surface area contributed by atoms with Gasteiger partial charge in [-0.15, -0.1) is 0 Å². The van der Waals surface area contributed by atoms with Crippen LogP contribution in [0.3, 0.4) is 0 Å². The fourth-order valence-electron chi connectivity index (χ4n) is 1.54. The van der Waals surface area contributed by atoms with Crippen LogP contribution in [0, 0.1) is 0 Å². The van der Waals surface area contributed by atoms with Gasteiger partial charge in [0.2, 0.25) is 10.0 Å². The zero-order valence-electron chi connectivity index (χ0n) is 11.2. The first-order valence-electron chi connectivity index (χ1n) is 6.05. The standard InChI is InChI=1S/C12H18N2O3S3/c1-2-19(15)7-6-14-20(16,17)9-10-4-3-5-11(8-10)12(13)18/h3-5,8,14H,2,6-7,9H2,1H3,(H2,13,18). The molecule has 0 aromatic heterocycles. The molecule has 0 aliphatic carbocycles. The van der Waals surface area contributed by atoms with E-state index in [0.29, 0.717) is 22.6 Å². The Labute approximate surface area is 127 Å². The lowest BCUT2D eigenvalue weighted by Gasteiger charge is -2.07. The molecule has 0 saturated heterocycles. The molecule has 0 aliphatic rings. The summed E-state index contributed by atoms with van der Waals surface area (Å²) in [6.45, 7) is 1.98. The maximum absolute atomic E-state index is 11.9. The van der Waals surface area contributed by atoms with Gasteiger partial charge in [0.25, 0.3) is 0 Å². The highest BCUT2D eigenvalue weighted by Gasteiger charge is 2.12. The van der Waals surface area contributed by atoms with Crippen molar-refractivity contribution in [3.63, 3.8) is 0 Å². The quantitative estimate of drug-likeness (QED) is 0.676. The van der Waals surface area contributed by atoms with Crippen molar-refractivity contribution < 1.29 is 12.6 Å². The van der Waals surface area contributed by atoms with E-state index in [1.165, 1.54) is 0 Å². The van der Waals surface area contributed by atoms with E-state index in [-0.39, 0.29) is 17.3 Å². The maximum Gasteiger partial charge on any atom is 0.215 e. The second kappa shape index (κ2) is 7.82. The molecular weight excluding hydrogens is 316 g/mol. The van der Waals surface area contributed by atoms with Crippen LogP contribution < -0.4 is 10.5 Å². The lowest BCUT2D eigenvalue weighted by atomic mass is 10.1. The minimum atomic E-state index is -3.45. The summed E-state index contributed by atoms with van der Waals surface area (Å²) in [5, 5.41) is 0. The molecule has 1 atom stereocenters. The van der Waals surface area contributed by atoms with Crippen LogP contribution >= 0.6 is 12.2 Å². The highest BCUT2D eigenvalue weighted by Crippen LogP contribution is 2.08. The number of nitrogens with one attached hydrogen (secondary N) is 1. The number of nitrogens with two attached hydrogens (primary N) is 1. The van der Waals surface area contributed by atoms with Gasteiger partial charge in [0.15, 0.2) is 0 Å². The van der Waals surface area contributed by atoms with Gasteiger partial charge < -0.3 is 5.73 Å². The highest BCUT2D eigenvalue weighted by atomic mass is 32.2. The summed E-state index contributed by atoms with van der Waals surface area (Å²) in [6.07, 6.45) is 0. The number of thiocarbonyl (C=S) groups is 1. The second-order valence-corrected chi connectivity index (χ2v) is 8.26. The van der Waals surface area contributed by atoms with E-state index in [1.807, 2.05) is 0 Å². The number of hydrogen-bond acceptors (Lipinski definition) is 4. The largest absolute Gasteiger partial charge is 0.389 e. The summed E-state index contributed by atoms with van der Waals surface area (Å²) >= 11 is 4.85. The number of sulfonamides is 1. The van der Waals surface area contributed by atoms with Crippen LogP contribution in [0.5, 0.6) is 0 Å². The van der Waals surface area contributed by atoms with Gasteiger partial charge in [-0.05, 0) is 11.6 Å². The molecule has 0 fully saturated rings. The molecule has 0 amide bonds. The summed E-state index contributed by atoms with van der Waals surface area (Å²) in [7, 11) is -4.43. The predicted octanol–water partition coefficient (Wildman–Crippen LogP) is 0.509. The second-order valence-electron chi connectivity index (χ2n) is 4.15. The topological polar surface area (TPSA) is 89.3 Å². The molecule has 1 unspecified atom stereocenters. The first-order valence-corrected chi connectivity index (χ1v) is 9.60. The lowest BCUT2D eigenvalue weighted by molar-refractivity contribution is 0.583. The molecule has 3 N–H and O–H groups in total. The summed E-state index contributed by atoms with van der Waals surface area (Å²) < 4.78 is 37.4. The van der Waals surface area contributed by atoms with Crippen LogP contribution in [0.25, 0.3) is 0 Å².